The molecule has 0 aliphatic carbocycles. The second kappa shape index (κ2) is 10.6. The first kappa shape index (κ1) is 21.6. The first-order valence-electron chi connectivity index (χ1n) is 8.87. The van der Waals surface area contributed by atoms with Crippen LogP contribution in [-0.2, 0) is 25.7 Å². The van der Waals surface area contributed by atoms with Crippen molar-refractivity contribution in [3.8, 4) is 5.75 Å². The number of hydrogen-bond acceptors (Lipinski definition) is 6. The topological polar surface area (TPSA) is 119 Å². The van der Waals surface area contributed by atoms with E-state index in [1.165, 1.54) is 19.1 Å². The van der Waals surface area contributed by atoms with Gasteiger partial charge in [-0.1, -0.05) is 42.5 Å². The maximum atomic E-state index is 12.4. The van der Waals surface area contributed by atoms with Gasteiger partial charge in [0, 0.05) is 13.3 Å². The molecular weight excluding hydrogens is 378 g/mol. The van der Waals surface area contributed by atoms with E-state index in [4.69, 9.17) is 9.47 Å². The molecule has 29 heavy (non-hydrogen) atoms. The van der Waals surface area contributed by atoms with E-state index >= 15 is 0 Å². The van der Waals surface area contributed by atoms with E-state index in [1.807, 2.05) is 18.2 Å². The Labute approximate surface area is 167 Å². The first-order valence-corrected chi connectivity index (χ1v) is 8.87. The van der Waals surface area contributed by atoms with Gasteiger partial charge in [-0.25, -0.2) is 4.79 Å². The third kappa shape index (κ3) is 7.10. The molecule has 0 aliphatic heterocycles. The molecule has 1 amide bonds. The zero-order valence-electron chi connectivity index (χ0n) is 15.8. The molecule has 8 heteroatoms. The average Bonchev–Trinajstić information content (AvgIpc) is 2.70. The highest BCUT2D eigenvalue weighted by molar-refractivity contribution is 5.99. The Hall–Kier alpha value is -3.68. The fraction of sp³-hybridized carbons (Fsp3) is 0.238. The van der Waals surface area contributed by atoms with Crippen LogP contribution in [0, 0.1) is 0 Å². The van der Waals surface area contributed by atoms with E-state index < -0.39 is 29.9 Å². The number of carbonyl (C=O) groups excluding carboxylic acids is 3. The number of rotatable bonds is 9. The Kier molecular flexibility index (Phi) is 7.90. The van der Waals surface area contributed by atoms with E-state index in [2.05, 4.69) is 5.32 Å². The fourth-order valence-electron chi connectivity index (χ4n) is 2.46. The highest BCUT2D eigenvalue weighted by Gasteiger charge is 2.24. The highest BCUT2D eigenvalue weighted by Crippen LogP contribution is 2.18. The van der Waals surface area contributed by atoms with E-state index in [-0.39, 0.29) is 30.8 Å². The summed E-state index contributed by atoms with van der Waals surface area (Å²) in [6, 6.07) is 13.7. The molecule has 0 aliphatic rings. The van der Waals surface area contributed by atoms with Crippen LogP contribution >= 0.6 is 0 Å². The summed E-state index contributed by atoms with van der Waals surface area (Å²) in [4.78, 5) is 47.0. The van der Waals surface area contributed by atoms with Gasteiger partial charge in [0.05, 0.1) is 5.56 Å². The number of carboxylic acid groups (broad SMARTS) is 1. The average molecular weight is 399 g/mol. The minimum absolute atomic E-state index is 0.0144. The summed E-state index contributed by atoms with van der Waals surface area (Å²) in [6.07, 6.45) is -0.333. The molecule has 0 radical (unpaired) electrons. The molecule has 0 saturated carbocycles. The normalized spacial score (nSPS) is 11.2. The maximum absolute atomic E-state index is 12.4. The quantitative estimate of drug-likeness (QED) is 0.490. The number of esters is 2. The molecule has 1 atom stereocenters. The van der Waals surface area contributed by atoms with Crippen LogP contribution in [-0.4, -0.2) is 35.0 Å². The Morgan fingerprint density at radius 1 is 1.00 bits per heavy atom. The van der Waals surface area contributed by atoms with E-state index in [1.54, 1.807) is 24.3 Å². The van der Waals surface area contributed by atoms with Gasteiger partial charge in [0.1, 0.15) is 18.4 Å². The second-order valence-corrected chi connectivity index (χ2v) is 6.14. The fourth-order valence-corrected chi connectivity index (χ4v) is 2.46. The molecule has 0 heterocycles. The van der Waals surface area contributed by atoms with Crippen molar-refractivity contribution in [1.29, 1.82) is 0 Å². The Bertz CT molecular complexity index is 880. The first-order chi connectivity index (χ1) is 13.9. The van der Waals surface area contributed by atoms with Crippen LogP contribution in [0.5, 0.6) is 5.75 Å². The van der Waals surface area contributed by atoms with Gasteiger partial charge in [-0.15, -0.1) is 0 Å². The van der Waals surface area contributed by atoms with E-state index in [0.29, 0.717) is 0 Å². The number of aliphatic carboxylic acids is 1. The highest BCUT2D eigenvalue weighted by atomic mass is 16.5. The number of carbonyl (C=O) groups is 4. The molecule has 152 valence electrons. The molecule has 0 unspecified atom stereocenters. The number of para-hydroxylation sites is 1. The summed E-state index contributed by atoms with van der Waals surface area (Å²) in [5.74, 6) is -3.19. The van der Waals surface area contributed by atoms with Crippen molar-refractivity contribution in [3.05, 3.63) is 65.7 Å². The Morgan fingerprint density at radius 2 is 1.66 bits per heavy atom. The number of ether oxygens (including phenoxy) is 2. The molecule has 2 rings (SSSR count). The lowest BCUT2D eigenvalue weighted by atomic mass is 10.1. The zero-order valence-corrected chi connectivity index (χ0v) is 15.8. The molecule has 0 fully saturated rings. The van der Waals surface area contributed by atoms with Gasteiger partial charge in [0.2, 0.25) is 0 Å². The molecule has 8 nitrogen and oxygen atoms in total. The van der Waals surface area contributed by atoms with Gasteiger partial charge in [-0.05, 0) is 24.1 Å². The summed E-state index contributed by atoms with van der Waals surface area (Å²) in [5.41, 5.74) is 0.826. The van der Waals surface area contributed by atoms with Gasteiger partial charge in [0.15, 0.2) is 0 Å². The maximum Gasteiger partial charge on any atom is 0.326 e. The number of nitrogens with one attached hydrogen (secondary N) is 1. The standard InChI is InChI=1S/C21H21NO7/c1-14(23)29-18-10-6-5-9-16(18)20(25)22-17(21(26)27)11-12-19(24)28-13-15-7-3-2-4-8-15/h2-10,17H,11-13H2,1H3,(H,22,25)(H,26,27)/t17-/m1/s1. The molecule has 0 aromatic heterocycles. The van der Waals surface area contributed by atoms with Crippen LogP contribution in [0.15, 0.2) is 54.6 Å². The van der Waals surface area contributed by atoms with Crippen molar-refractivity contribution in [2.24, 2.45) is 0 Å². The van der Waals surface area contributed by atoms with Crippen molar-refractivity contribution in [1.82, 2.24) is 5.32 Å². The predicted octanol–water partition coefficient (Wildman–Crippen LogP) is 2.32. The number of carboxylic acids is 1. The smallest absolute Gasteiger partial charge is 0.326 e. The van der Waals surface area contributed by atoms with Crippen LogP contribution in [0.2, 0.25) is 0 Å². The third-order valence-corrected chi connectivity index (χ3v) is 3.87. The number of amides is 1. The summed E-state index contributed by atoms with van der Waals surface area (Å²) in [6.45, 7) is 1.27. The van der Waals surface area contributed by atoms with E-state index in [9.17, 15) is 24.3 Å². The van der Waals surface area contributed by atoms with Gasteiger partial charge >= 0.3 is 17.9 Å². The van der Waals surface area contributed by atoms with Crippen LogP contribution in [0.3, 0.4) is 0 Å². The van der Waals surface area contributed by atoms with Crippen molar-refractivity contribution in [2.45, 2.75) is 32.4 Å². The minimum atomic E-state index is -1.31. The SMILES string of the molecule is CC(=O)Oc1ccccc1C(=O)N[C@H](CCC(=O)OCc1ccccc1)C(=O)O. The predicted molar refractivity (Wildman–Crippen MR) is 102 cm³/mol. The minimum Gasteiger partial charge on any atom is -0.480 e. The van der Waals surface area contributed by atoms with Crippen molar-refractivity contribution >= 4 is 23.8 Å². The van der Waals surface area contributed by atoms with Gasteiger partial charge in [0.25, 0.3) is 5.91 Å². The number of hydrogen-bond donors (Lipinski definition) is 2. The largest absolute Gasteiger partial charge is 0.480 e. The molecule has 0 spiro atoms. The van der Waals surface area contributed by atoms with Crippen LogP contribution in [0.4, 0.5) is 0 Å². The Balaban J connectivity index is 1.93. The van der Waals surface area contributed by atoms with Crippen LogP contribution < -0.4 is 10.1 Å². The number of benzene rings is 2. The van der Waals surface area contributed by atoms with Gasteiger partial charge < -0.3 is 19.9 Å². The van der Waals surface area contributed by atoms with Gasteiger partial charge in [-0.3, -0.25) is 14.4 Å². The lowest BCUT2D eigenvalue weighted by Gasteiger charge is -2.15. The monoisotopic (exact) mass is 399 g/mol. The third-order valence-electron chi connectivity index (χ3n) is 3.87. The second-order valence-electron chi connectivity index (χ2n) is 6.14. The molecule has 0 bridgehead atoms. The zero-order chi connectivity index (χ0) is 21.2. The van der Waals surface area contributed by atoms with Gasteiger partial charge in [-0.2, -0.15) is 0 Å². The molecule has 2 N–H and O–H groups in total. The van der Waals surface area contributed by atoms with Crippen LogP contribution in [0.25, 0.3) is 0 Å². The van der Waals surface area contributed by atoms with E-state index in [0.717, 1.165) is 5.56 Å². The summed E-state index contributed by atoms with van der Waals surface area (Å²) >= 11 is 0. The summed E-state index contributed by atoms with van der Waals surface area (Å²) in [5, 5.41) is 11.7. The van der Waals surface area contributed by atoms with Crippen molar-refractivity contribution < 1.29 is 33.8 Å². The summed E-state index contributed by atoms with van der Waals surface area (Å²) in [7, 11) is 0. The lowest BCUT2D eigenvalue weighted by Crippen LogP contribution is -2.41. The van der Waals surface area contributed by atoms with Crippen molar-refractivity contribution in [2.75, 3.05) is 0 Å². The molecular formula is C21H21NO7. The molecule has 0 saturated heterocycles. The van der Waals surface area contributed by atoms with Crippen molar-refractivity contribution in [3.63, 3.8) is 0 Å². The lowest BCUT2D eigenvalue weighted by molar-refractivity contribution is -0.145. The molecule has 2 aromatic rings. The molecule has 2 aromatic carbocycles. The van der Waals surface area contributed by atoms with Crippen LogP contribution in [0.1, 0.15) is 35.7 Å². The Morgan fingerprint density at radius 3 is 2.31 bits per heavy atom. The summed E-state index contributed by atoms with van der Waals surface area (Å²) < 4.78 is 10.1.